The maximum atomic E-state index is 11.8. The van der Waals surface area contributed by atoms with Crippen molar-refractivity contribution in [3.05, 3.63) is 22.7 Å². The average Bonchev–Trinajstić information content (AvgIpc) is 2.26. The van der Waals surface area contributed by atoms with Gasteiger partial charge in [0.1, 0.15) is 5.75 Å². The van der Waals surface area contributed by atoms with Crippen LogP contribution in [0.15, 0.2) is 22.7 Å². The highest BCUT2D eigenvalue weighted by Crippen LogP contribution is 2.25. The summed E-state index contributed by atoms with van der Waals surface area (Å²) in [5.41, 5.74) is 0.695. The van der Waals surface area contributed by atoms with E-state index < -0.39 is 0 Å². The molecule has 3 nitrogen and oxygen atoms in total. The summed E-state index contributed by atoms with van der Waals surface area (Å²) in [5.74, 6) is 0.769. The van der Waals surface area contributed by atoms with Gasteiger partial charge in [0, 0.05) is 16.2 Å². The quantitative estimate of drug-likeness (QED) is 0.836. The molecule has 0 bridgehead atoms. The molecule has 0 radical (unpaired) electrons. The van der Waals surface area contributed by atoms with Crippen LogP contribution in [0.2, 0.25) is 0 Å². The van der Waals surface area contributed by atoms with Crippen molar-refractivity contribution in [2.24, 2.45) is 5.92 Å². The Morgan fingerprint density at radius 2 is 2.06 bits per heavy atom. The van der Waals surface area contributed by atoms with Crippen LogP contribution in [0.1, 0.15) is 13.8 Å². The maximum absolute atomic E-state index is 11.8. The van der Waals surface area contributed by atoms with Crippen LogP contribution in [0.25, 0.3) is 0 Å². The molecule has 17 heavy (non-hydrogen) atoms. The van der Waals surface area contributed by atoms with Crippen LogP contribution in [0.5, 0.6) is 5.75 Å². The van der Waals surface area contributed by atoms with Crippen molar-refractivity contribution in [3.63, 3.8) is 0 Å². The molecule has 5 heteroatoms. The Labute approximate surface area is 115 Å². The van der Waals surface area contributed by atoms with Gasteiger partial charge < -0.3 is 10.1 Å². The largest absolute Gasteiger partial charge is 0.497 e. The second-order valence-electron chi connectivity index (χ2n) is 4.06. The zero-order chi connectivity index (χ0) is 13.0. The van der Waals surface area contributed by atoms with E-state index in [9.17, 15) is 4.79 Å². The van der Waals surface area contributed by atoms with E-state index in [0.717, 1.165) is 4.47 Å². The Hall–Kier alpha value is -0.680. The number of thiol groups is 1. The normalized spacial score (nSPS) is 12.4. The summed E-state index contributed by atoms with van der Waals surface area (Å²) in [6, 6.07) is 5.42. The minimum Gasteiger partial charge on any atom is -0.497 e. The molecule has 1 aromatic carbocycles. The fraction of sp³-hybridized carbons (Fsp3) is 0.417. The Morgan fingerprint density at radius 1 is 1.41 bits per heavy atom. The zero-order valence-electron chi connectivity index (χ0n) is 10.0. The van der Waals surface area contributed by atoms with Crippen LogP contribution in [0.4, 0.5) is 5.69 Å². The van der Waals surface area contributed by atoms with Crippen molar-refractivity contribution in [2.45, 2.75) is 19.1 Å². The second-order valence-corrected chi connectivity index (χ2v) is 5.53. The first kappa shape index (κ1) is 14.4. The molecule has 94 valence electrons. The van der Waals surface area contributed by atoms with Gasteiger partial charge in [-0.25, -0.2) is 0 Å². The predicted octanol–water partition coefficient (Wildman–Crippen LogP) is 3.35. The molecule has 1 rings (SSSR count). The summed E-state index contributed by atoms with van der Waals surface area (Å²) in [5, 5.41) is 2.49. The fourth-order valence-corrected chi connectivity index (χ4v) is 1.81. The SMILES string of the molecule is COc1cc(Br)cc(NC(=O)C(S)C(C)C)c1. The van der Waals surface area contributed by atoms with E-state index >= 15 is 0 Å². The van der Waals surface area contributed by atoms with Crippen LogP contribution in [-0.2, 0) is 4.79 Å². The number of benzene rings is 1. The first-order valence-electron chi connectivity index (χ1n) is 5.27. The van der Waals surface area contributed by atoms with Gasteiger partial charge in [-0.3, -0.25) is 4.79 Å². The van der Waals surface area contributed by atoms with Crippen LogP contribution in [-0.4, -0.2) is 18.3 Å². The van der Waals surface area contributed by atoms with Crippen molar-refractivity contribution in [1.82, 2.24) is 0 Å². The summed E-state index contributed by atoms with van der Waals surface area (Å²) in [7, 11) is 1.59. The van der Waals surface area contributed by atoms with Gasteiger partial charge in [-0.15, -0.1) is 0 Å². The molecule has 1 aromatic rings. The number of halogens is 1. The van der Waals surface area contributed by atoms with Crippen LogP contribution >= 0.6 is 28.6 Å². The lowest BCUT2D eigenvalue weighted by molar-refractivity contribution is -0.116. The number of rotatable bonds is 4. The number of ether oxygens (including phenoxy) is 1. The van der Waals surface area contributed by atoms with Crippen molar-refractivity contribution in [3.8, 4) is 5.75 Å². The van der Waals surface area contributed by atoms with E-state index in [1.54, 1.807) is 13.2 Å². The third kappa shape index (κ3) is 4.24. The maximum Gasteiger partial charge on any atom is 0.237 e. The summed E-state index contributed by atoms with van der Waals surface area (Å²) in [6.07, 6.45) is 0. The van der Waals surface area contributed by atoms with Crippen molar-refractivity contribution in [2.75, 3.05) is 12.4 Å². The van der Waals surface area contributed by atoms with Crippen LogP contribution < -0.4 is 10.1 Å². The van der Waals surface area contributed by atoms with Gasteiger partial charge >= 0.3 is 0 Å². The summed E-state index contributed by atoms with van der Waals surface area (Å²) in [4.78, 5) is 11.8. The number of nitrogens with one attached hydrogen (secondary N) is 1. The molecule has 1 unspecified atom stereocenters. The van der Waals surface area contributed by atoms with Crippen LogP contribution in [0, 0.1) is 5.92 Å². The molecule has 0 saturated heterocycles. The Morgan fingerprint density at radius 3 is 2.59 bits per heavy atom. The Kier molecular flexibility index (Phi) is 5.33. The van der Waals surface area contributed by atoms with Gasteiger partial charge in [0.05, 0.1) is 12.4 Å². The lowest BCUT2D eigenvalue weighted by Crippen LogP contribution is -2.27. The number of carbonyl (C=O) groups is 1. The number of methoxy groups -OCH3 is 1. The smallest absolute Gasteiger partial charge is 0.237 e. The molecule has 1 N–H and O–H groups in total. The standard InChI is InChI=1S/C12H16BrNO2S/c1-7(2)11(17)12(15)14-9-4-8(13)5-10(6-9)16-3/h4-7,11,17H,1-3H3,(H,14,15). The van der Waals surface area contributed by atoms with E-state index in [2.05, 4.69) is 33.9 Å². The Balaban J connectivity index is 2.81. The molecular formula is C12H16BrNO2S. The van der Waals surface area contributed by atoms with Gasteiger partial charge in [0.15, 0.2) is 0 Å². The molecule has 0 aromatic heterocycles. The van der Waals surface area contributed by atoms with E-state index in [1.807, 2.05) is 26.0 Å². The summed E-state index contributed by atoms with van der Waals surface area (Å²) in [6.45, 7) is 3.91. The first-order chi connectivity index (χ1) is 7.93. The van der Waals surface area contributed by atoms with E-state index in [0.29, 0.717) is 11.4 Å². The number of carbonyl (C=O) groups excluding carboxylic acids is 1. The summed E-state index contributed by atoms with van der Waals surface area (Å²) < 4.78 is 5.98. The minimum atomic E-state index is -0.319. The van der Waals surface area contributed by atoms with Crippen molar-refractivity contribution >= 4 is 40.2 Å². The molecule has 1 atom stereocenters. The molecule has 0 saturated carbocycles. The molecule has 0 aliphatic carbocycles. The number of hydrogen-bond donors (Lipinski definition) is 2. The van der Waals surface area contributed by atoms with Gasteiger partial charge in [0.25, 0.3) is 0 Å². The topological polar surface area (TPSA) is 38.3 Å². The second kappa shape index (κ2) is 6.31. The van der Waals surface area contributed by atoms with Crippen LogP contribution in [0.3, 0.4) is 0 Å². The third-order valence-electron chi connectivity index (χ3n) is 2.27. The predicted molar refractivity (Wildman–Crippen MR) is 76.9 cm³/mol. The number of anilines is 1. The molecule has 0 aliphatic rings. The molecule has 0 spiro atoms. The van der Waals surface area contributed by atoms with Crippen molar-refractivity contribution < 1.29 is 9.53 Å². The highest BCUT2D eigenvalue weighted by Gasteiger charge is 2.17. The highest BCUT2D eigenvalue weighted by atomic mass is 79.9. The van der Waals surface area contributed by atoms with Gasteiger partial charge in [0.2, 0.25) is 5.91 Å². The fourth-order valence-electron chi connectivity index (χ4n) is 1.27. The van der Waals surface area contributed by atoms with Gasteiger partial charge in [-0.2, -0.15) is 12.6 Å². The first-order valence-corrected chi connectivity index (χ1v) is 6.58. The highest BCUT2D eigenvalue weighted by molar-refractivity contribution is 9.10. The van der Waals surface area contributed by atoms with Gasteiger partial charge in [-0.1, -0.05) is 29.8 Å². The molecule has 0 aliphatic heterocycles. The lowest BCUT2D eigenvalue weighted by atomic mass is 10.1. The molecule has 0 heterocycles. The average molecular weight is 318 g/mol. The van der Waals surface area contributed by atoms with E-state index in [-0.39, 0.29) is 17.1 Å². The van der Waals surface area contributed by atoms with E-state index in [4.69, 9.17) is 4.74 Å². The van der Waals surface area contributed by atoms with E-state index in [1.165, 1.54) is 0 Å². The number of hydrogen-bond acceptors (Lipinski definition) is 3. The summed E-state index contributed by atoms with van der Waals surface area (Å²) >= 11 is 7.63. The van der Waals surface area contributed by atoms with Gasteiger partial charge in [-0.05, 0) is 18.1 Å². The molecule has 1 amide bonds. The zero-order valence-corrected chi connectivity index (χ0v) is 12.5. The minimum absolute atomic E-state index is 0.108. The lowest BCUT2D eigenvalue weighted by Gasteiger charge is -2.15. The molecular weight excluding hydrogens is 302 g/mol. The van der Waals surface area contributed by atoms with Crippen molar-refractivity contribution in [1.29, 1.82) is 0 Å². The third-order valence-corrected chi connectivity index (χ3v) is 3.56. The number of amides is 1. The Bertz CT molecular complexity index is 409. The monoisotopic (exact) mass is 317 g/mol. The molecule has 0 fully saturated rings.